The molecule has 0 aliphatic heterocycles. The van der Waals surface area contributed by atoms with Crippen LogP contribution >= 0.6 is 11.6 Å². The summed E-state index contributed by atoms with van der Waals surface area (Å²) in [6, 6.07) is 2.97. The van der Waals surface area contributed by atoms with Crippen LogP contribution in [-0.4, -0.2) is 16.4 Å². The molecule has 0 aliphatic rings. The standard InChI is InChI=1S/C12H16ClNO2/c1-7(15)9-5-8(13)6-10(16)11(9)14-12(2,3)4/h5-6,14,16H,1-4H3. The van der Waals surface area contributed by atoms with Crippen molar-refractivity contribution in [3.05, 3.63) is 22.7 Å². The molecule has 2 N–H and O–H groups in total. The normalized spacial score (nSPS) is 11.3. The van der Waals surface area contributed by atoms with Gasteiger partial charge in [0.25, 0.3) is 0 Å². The molecule has 0 unspecified atom stereocenters. The Labute approximate surface area is 100 Å². The van der Waals surface area contributed by atoms with Gasteiger partial charge in [-0.3, -0.25) is 4.79 Å². The molecule has 0 bridgehead atoms. The zero-order valence-electron chi connectivity index (χ0n) is 9.89. The lowest BCUT2D eigenvalue weighted by Crippen LogP contribution is -2.27. The van der Waals surface area contributed by atoms with Crippen LogP contribution in [0.15, 0.2) is 12.1 Å². The number of nitrogens with one attached hydrogen (secondary N) is 1. The van der Waals surface area contributed by atoms with Crippen molar-refractivity contribution in [3.8, 4) is 5.75 Å². The van der Waals surface area contributed by atoms with Crippen molar-refractivity contribution in [2.45, 2.75) is 33.2 Å². The van der Waals surface area contributed by atoms with E-state index in [0.717, 1.165) is 0 Å². The quantitative estimate of drug-likeness (QED) is 0.616. The van der Waals surface area contributed by atoms with Crippen molar-refractivity contribution >= 4 is 23.1 Å². The third-order valence-electron chi connectivity index (χ3n) is 1.96. The number of carbonyl (C=O) groups excluding carboxylic acids is 1. The summed E-state index contributed by atoms with van der Waals surface area (Å²) < 4.78 is 0. The highest BCUT2D eigenvalue weighted by molar-refractivity contribution is 6.31. The van der Waals surface area contributed by atoms with E-state index in [-0.39, 0.29) is 17.1 Å². The fourth-order valence-electron chi connectivity index (χ4n) is 1.38. The van der Waals surface area contributed by atoms with Crippen molar-refractivity contribution < 1.29 is 9.90 Å². The topological polar surface area (TPSA) is 49.3 Å². The number of rotatable bonds is 2. The first-order chi connectivity index (χ1) is 7.20. The fourth-order valence-corrected chi connectivity index (χ4v) is 1.59. The molecule has 0 aliphatic carbocycles. The van der Waals surface area contributed by atoms with Gasteiger partial charge in [0, 0.05) is 22.2 Å². The fraction of sp³-hybridized carbons (Fsp3) is 0.417. The van der Waals surface area contributed by atoms with Crippen molar-refractivity contribution in [1.82, 2.24) is 0 Å². The van der Waals surface area contributed by atoms with E-state index in [1.54, 1.807) is 6.07 Å². The maximum Gasteiger partial charge on any atom is 0.162 e. The average molecular weight is 242 g/mol. The highest BCUT2D eigenvalue weighted by atomic mass is 35.5. The van der Waals surface area contributed by atoms with E-state index < -0.39 is 0 Å². The first-order valence-electron chi connectivity index (χ1n) is 5.02. The van der Waals surface area contributed by atoms with Crippen LogP contribution in [0.2, 0.25) is 5.02 Å². The van der Waals surface area contributed by atoms with E-state index in [0.29, 0.717) is 16.3 Å². The molecule has 3 nitrogen and oxygen atoms in total. The SMILES string of the molecule is CC(=O)c1cc(Cl)cc(O)c1NC(C)(C)C. The Morgan fingerprint density at radius 1 is 1.38 bits per heavy atom. The predicted octanol–water partition coefficient (Wildman–Crippen LogP) is 3.46. The zero-order valence-corrected chi connectivity index (χ0v) is 10.6. The largest absolute Gasteiger partial charge is 0.506 e. The Balaban J connectivity index is 3.30. The molecule has 0 aromatic heterocycles. The molecule has 0 heterocycles. The molecule has 0 amide bonds. The third kappa shape index (κ3) is 3.14. The summed E-state index contributed by atoms with van der Waals surface area (Å²) in [6.45, 7) is 7.29. The van der Waals surface area contributed by atoms with Gasteiger partial charge < -0.3 is 10.4 Å². The van der Waals surface area contributed by atoms with Gasteiger partial charge in [-0.25, -0.2) is 0 Å². The molecule has 0 spiro atoms. The minimum atomic E-state index is -0.241. The minimum absolute atomic E-state index is 0.00683. The molecular formula is C12H16ClNO2. The van der Waals surface area contributed by atoms with Gasteiger partial charge in [0.05, 0.1) is 5.69 Å². The first-order valence-corrected chi connectivity index (χ1v) is 5.40. The van der Waals surface area contributed by atoms with Crippen LogP contribution in [0.4, 0.5) is 5.69 Å². The zero-order chi connectivity index (χ0) is 12.5. The van der Waals surface area contributed by atoms with Gasteiger partial charge in [-0.2, -0.15) is 0 Å². The first kappa shape index (κ1) is 12.8. The lowest BCUT2D eigenvalue weighted by molar-refractivity contribution is 0.101. The summed E-state index contributed by atoms with van der Waals surface area (Å²) >= 11 is 5.80. The summed E-state index contributed by atoms with van der Waals surface area (Å²) in [5, 5.41) is 13.2. The van der Waals surface area contributed by atoms with E-state index in [1.807, 2.05) is 20.8 Å². The summed E-state index contributed by atoms with van der Waals surface area (Å²) in [7, 11) is 0. The van der Waals surface area contributed by atoms with Crippen molar-refractivity contribution in [2.75, 3.05) is 5.32 Å². The number of phenolic OH excluding ortho intramolecular Hbond substituents is 1. The van der Waals surface area contributed by atoms with Gasteiger partial charge in [-0.1, -0.05) is 11.6 Å². The molecule has 0 saturated heterocycles. The summed E-state index contributed by atoms with van der Waals surface area (Å²) in [5.74, 6) is -0.142. The second-order valence-electron chi connectivity index (χ2n) is 4.78. The maximum atomic E-state index is 11.4. The van der Waals surface area contributed by atoms with Crippen LogP contribution < -0.4 is 5.32 Å². The van der Waals surface area contributed by atoms with E-state index >= 15 is 0 Å². The second kappa shape index (κ2) is 4.34. The van der Waals surface area contributed by atoms with E-state index in [4.69, 9.17) is 11.6 Å². The smallest absolute Gasteiger partial charge is 0.162 e. The molecule has 4 heteroatoms. The van der Waals surface area contributed by atoms with Gasteiger partial charge in [0.15, 0.2) is 5.78 Å². The van der Waals surface area contributed by atoms with Crippen molar-refractivity contribution in [3.63, 3.8) is 0 Å². The van der Waals surface area contributed by atoms with Crippen LogP contribution in [0, 0.1) is 0 Å². The Morgan fingerprint density at radius 3 is 2.38 bits per heavy atom. The molecule has 0 saturated carbocycles. The minimum Gasteiger partial charge on any atom is -0.506 e. The number of aromatic hydroxyl groups is 1. The number of benzene rings is 1. The van der Waals surface area contributed by atoms with E-state index in [1.165, 1.54) is 13.0 Å². The number of Topliss-reactive ketones (excluding diaryl/α,β-unsaturated/α-hetero) is 1. The Morgan fingerprint density at radius 2 is 1.94 bits per heavy atom. The molecule has 1 aromatic rings. The van der Waals surface area contributed by atoms with Crippen LogP contribution in [0.3, 0.4) is 0 Å². The van der Waals surface area contributed by atoms with E-state index in [2.05, 4.69) is 5.32 Å². The number of hydrogen-bond donors (Lipinski definition) is 2. The van der Waals surface area contributed by atoms with Gasteiger partial charge in [-0.05, 0) is 33.8 Å². The lowest BCUT2D eigenvalue weighted by atomic mass is 10.0. The molecule has 0 fully saturated rings. The lowest BCUT2D eigenvalue weighted by Gasteiger charge is -2.24. The molecule has 1 rings (SSSR count). The Hall–Kier alpha value is -1.22. The average Bonchev–Trinajstić information content (AvgIpc) is 2.07. The van der Waals surface area contributed by atoms with Crippen LogP contribution in [0.5, 0.6) is 5.75 Å². The Bertz CT molecular complexity index is 422. The van der Waals surface area contributed by atoms with Crippen LogP contribution in [0.1, 0.15) is 38.1 Å². The van der Waals surface area contributed by atoms with Gasteiger partial charge in [0.2, 0.25) is 0 Å². The number of hydrogen-bond acceptors (Lipinski definition) is 3. The number of carbonyl (C=O) groups is 1. The highest BCUT2D eigenvalue weighted by Crippen LogP contribution is 2.33. The third-order valence-corrected chi connectivity index (χ3v) is 2.18. The predicted molar refractivity (Wildman–Crippen MR) is 66.5 cm³/mol. The van der Waals surface area contributed by atoms with Crippen LogP contribution in [0.25, 0.3) is 0 Å². The number of phenols is 1. The molecule has 88 valence electrons. The highest BCUT2D eigenvalue weighted by Gasteiger charge is 2.18. The van der Waals surface area contributed by atoms with Crippen LogP contribution in [-0.2, 0) is 0 Å². The van der Waals surface area contributed by atoms with Crippen molar-refractivity contribution in [2.24, 2.45) is 0 Å². The second-order valence-corrected chi connectivity index (χ2v) is 5.22. The molecule has 16 heavy (non-hydrogen) atoms. The molecular weight excluding hydrogens is 226 g/mol. The number of halogens is 1. The van der Waals surface area contributed by atoms with Gasteiger partial charge in [-0.15, -0.1) is 0 Å². The van der Waals surface area contributed by atoms with Crippen molar-refractivity contribution in [1.29, 1.82) is 0 Å². The molecule has 0 atom stereocenters. The van der Waals surface area contributed by atoms with E-state index in [9.17, 15) is 9.90 Å². The number of anilines is 1. The van der Waals surface area contributed by atoms with Gasteiger partial charge in [0.1, 0.15) is 5.75 Å². The molecule has 0 radical (unpaired) electrons. The Kier molecular flexibility index (Phi) is 3.48. The monoisotopic (exact) mass is 241 g/mol. The summed E-state index contributed by atoms with van der Waals surface area (Å²) in [6.07, 6.45) is 0. The summed E-state index contributed by atoms with van der Waals surface area (Å²) in [5.41, 5.74) is 0.597. The number of ketones is 1. The maximum absolute atomic E-state index is 11.4. The summed E-state index contributed by atoms with van der Waals surface area (Å²) in [4.78, 5) is 11.4. The molecule has 1 aromatic carbocycles. The van der Waals surface area contributed by atoms with Gasteiger partial charge >= 0.3 is 0 Å².